The Kier molecular flexibility index (Phi) is 7.13. The van der Waals surface area contributed by atoms with Crippen molar-refractivity contribution in [3.8, 4) is 0 Å². The number of anilines is 1. The molecule has 1 aliphatic heterocycles. The van der Waals surface area contributed by atoms with Crippen LogP contribution in [0.2, 0.25) is 0 Å². The summed E-state index contributed by atoms with van der Waals surface area (Å²) in [6, 6.07) is 6.29. The molecule has 0 spiro atoms. The Hall–Kier alpha value is -2.34. The molecule has 2 fully saturated rings. The number of aromatic nitrogens is 1. The Morgan fingerprint density at radius 1 is 1.15 bits per heavy atom. The number of hydrogen-bond donors (Lipinski definition) is 1. The average molecular weight is 495 g/mol. The molecule has 9 nitrogen and oxygen atoms in total. The smallest absolute Gasteiger partial charge is 0.357 e. The van der Waals surface area contributed by atoms with Gasteiger partial charge in [-0.2, -0.15) is 0 Å². The molecule has 1 N–H and O–H groups in total. The van der Waals surface area contributed by atoms with E-state index in [2.05, 4.69) is 10.3 Å². The monoisotopic (exact) mass is 494 g/mol. The van der Waals surface area contributed by atoms with E-state index in [0.717, 1.165) is 11.3 Å². The molecule has 2 aliphatic rings. The lowest BCUT2D eigenvalue weighted by Gasteiger charge is -2.27. The number of amides is 1. The van der Waals surface area contributed by atoms with Crippen LogP contribution in [-0.4, -0.2) is 57.0 Å². The van der Waals surface area contributed by atoms with Crippen LogP contribution in [-0.2, 0) is 28.8 Å². The summed E-state index contributed by atoms with van der Waals surface area (Å²) >= 11 is 1.16. The highest BCUT2D eigenvalue weighted by molar-refractivity contribution is 7.92. The van der Waals surface area contributed by atoms with Crippen LogP contribution in [0.3, 0.4) is 0 Å². The molecule has 1 saturated heterocycles. The molecule has 33 heavy (non-hydrogen) atoms. The van der Waals surface area contributed by atoms with E-state index in [-0.39, 0.29) is 27.1 Å². The Morgan fingerprint density at radius 3 is 2.42 bits per heavy atom. The zero-order valence-corrected chi connectivity index (χ0v) is 20.0. The summed E-state index contributed by atoms with van der Waals surface area (Å²) in [5.41, 5.74) is 0.685. The summed E-state index contributed by atoms with van der Waals surface area (Å²) < 4.78 is 41.3. The van der Waals surface area contributed by atoms with Gasteiger partial charge in [0, 0.05) is 18.1 Å². The Labute approximate surface area is 196 Å². The van der Waals surface area contributed by atoms with Gasteiger partial charge in [-0.15, -0.1) is 11.3 Å². The van der Waals surface area contributed by atoms with Gasteiger partial charge >= 0.3 is 5.97 Å². The van der Waals surface area contributed by atoms with Crippen LogP contribution in [0.15, 0.2) is 29.2 Å². The summed E-state index contributed by atoms with van der Waals surface area (Å²) in [4.78, 5) is 30.1. The molecule has 11 heteroatoms. The maximum atomic E-state index is 13.2. The van der Waals surface area contributed by atoms with Crippen LogP contribution in [0.1, 0.15) is 52.7 Å². The molecular formula is C22H26N2O7S2. The van der Waals surface area contributed by atoms with Crippen molar-refractivity contribution in [3.63, 3.8) is 0 Å². The third-order valence-electron chi connectivity index (χ3n) is 5.62. The number of benzene rings is 1. The summed E-state index contributed by atoms with van der Waals surface area (Å²) in [6.07, 6.45) is 1.53. The molecule has 1 unspecified atom stereocenters. The predicted octanol–water partition coefficient (Wildman–Crippen LogP) is 3.05. The van der Waals surface area contributed by atoms with Gasteiger partial charge in [0.05, 0.1) is 23.4 Å². The summed E-state index contributed by atoms with van der Waals surface area (Å²) in [7, 11) is -2.06. The van der Waals surface area contributed by atoms with Gasteiger partial charge in [0.2, 0.25) is 0 Å². The number of hydrogen-bond acceptors (Lipinski definition) is 9. The van der Waals surface area contributed by atoms with E-state index in [1.54, 1.807) is 19.1 Å². The predicted molar refractivity (Wildman–Crippen MR) is 121 cm³/mol. The first kappa shape index (κ1) is 23.8. The second-order valence-corrected chi connectivity index (χ2v) is 11.5. The Balaban J connectivity index is 1.56. The summed E-state index contributed by atoms with van der Waals surface area (Å²) in [5.74, 6) is -1.03. The average Bonchev–Trinajstić information content (AvgIpc) is 3.62. The van der Waals surface area contributed by atoms with Crippen LogP contribution >= 0.6 is 11.3 Å². The molecule has 1 saturated carbocycles. The minimum absolute atomic E-state index is 0.148. The number of carbonyl (C=O) groups excluding carboxylic acids is 2. The fourth-order valence-electron chi connectivity index (χ4n) is 3.61. The molecule has 1 atom stereocenters. The molecule has 1 aromatic carbocycles. The summed E-state index contributed by atoms with van der Waals surface area (Å²) in [6.45, 7) is 2.81. The molecule has 4 rings (SSSR count). The van der Waals surface area contributed by atoms with Crippen LogP contribution < -0.4 is 5.32 Å². The zero-order chi connectivity index (χ0) is 23.6. The SMILES string of the molecule is COC(=O)c1nc(NC(=O)C(OC2CCOCC2)c2ccc(S(=O)(=O)C3CC3)cc2)sc1C. The van der Waals surface area contributed by atoms with Gasteiger partial charge in [-0.05, 0) is 50.3 Å². The van der Waals surface area contributed by atoms with E-state index in [1.165, 1.54) is 19.2 Å². The number of methoxy groups -OCH3 is 1. The van der Waals surface area contributed by atoms with E-state index < -0.39 is 27.8 Å². The molecule has 0 bridgehead atoms. The first-order valence-electron chi connectivity index (χ1n) is 10.7. The number of thiazole rings is 1. The molecule has 1 aromatic heterocycles. The highest BCUT2D eigenvalue weighted by Crippen LogP contribution is 2.34. The maximum Gasteiger partial charge on any atom is 0.357 e. The number of aryl methyl sites for hydroxylation is 1. The van der Waals surface area contributed by atoms with E-state index >= 15 is 0 Å². The topological polar surface area (TPSA) is 121 Å². The molecule has 1 amide bonds. The summed E-state index contributed by atoms with van der Waals surface area (Å²) in [5, 5.41) is 2.68. The normalized spacial score (nSPS) is 18.0. The van der Waals surface area contributed by atoms with Crippen molar-refractivity contribution < 1.29 is 32.2 Å². The molecular weight excluding hydrogens is 468 g/mol. The van der Waals surface area contributed by atoms with E-state index in [0.29, 0.717) is 49.3 Å². The zero-order valence-electron chi connectivity index (χ0n) is 18.4. The third-order valence-corrected chi connectivity index (χ3v) is 8.78. The van der Waals surface area contributed by atoms with Gasteiger partial charge < -0.3 is 14.2 Å². The quantitative estimate of drug-likeness (QED) is 0.556. The Bertz CT molecular complexity index is 1120. The third kappa shape index (κ3) is 5.43. The molecule has 2 aromatic rings. The van der Waals surface area contributed by atoms with Crippen molar-refractivity contribution in [3.05, 3.63) is 40.4 Å². The van der Waals surface area contributed by atoms with Crippen molar-refractivity contribution in [2.45, 2.75) is 55.0 Å². The van der Waals surface area contributed by atoms with Crippen molar-refractivity contribution in [2.75, 3.05) is 25.6 Å². The maximum absolute atomic E-state index is 13.2. The second kappa shape index (κ2) is 9.88. The van der Waals surface area contributed by atoms with Gasteiger partial charge in [0.1, 0.15) is 0 Å². The van der Waals surface area contributed by atoms with Gasteiger partial charge in [-0.3, -0.25) is 10.1 Å². The van der Waals surface area contributed by atoms with Gasteiger partial charge in [0.15, 0.2) is 26.8 Å². The van der Waals surface area contributed by atoms with Crippen molar-refractivity contribution in [1.82, 2.24) is 4.98 Å². The number of ether oxygens (including phenoxy) is 3. The van der Waals surface area contributed by atoms with Gasteiger partial charge in [-0.25, -0.2) is 18.2 Å². The van der Waals surface area contributed by atoms with E-state index in [9.17, 15) is 18.0 Å². The van der Waals surface area contributed by atoms with Crippen LogP contribution in [0.5, 0.6) is 0 Å². The van der Waals surface area contributed by atoms with Crippen molar-refractivity contribution >= 4 is 38.2 Å². The van der Waals surface area contributed by atoms with Crippen molar-refractivity contribution in [1.29, 1.82) is 0 Å². The number of rotatable bonds is 8. The lowest BCUT2D eigenvalue weighted by atomic mass is 10.1. The minimum Gasteiger partial charge on any atom is -0.464 e. The van der Waals surface area contributed by atoms with E-state index in [1.807, 2.05) is 0 Å². The van der Waals surface area contributed by atoms with Crippen LogP contribution in [0, 0.1) is 6.92 Å². The van der Waals surface area contributed by atoms with Gasteiger partial charge in [-0.1, -0.05) is 12.1 Å². The standard InChI is InChI=1S/C22H26N2O7S2/c1-13-18(21(26)29-2)23-22(32-13)24-20(25)19(31-15-9-11-30-12-10-15)14-3-5-16(6-4-14)33(27,28)17-7-8-17/h3-6,15,17,19H,7-12H2,1-2H3,(H,23,24,25). The van der Waals surface area contributed by atoms with Crippen LogP contribution in [0.4, 0.5) is 5.13 Å². The number of sulfone groups is 1. The fraction of sp³-hybridized carbons (Fsp3) is 0.500. The Morgan fingerprint density at radius 2 is 1.82 bits per heavy atom. The van der Waals surface area contributed by atoms with E-state index in [4.69, 9.17) is 14.2 Å². The van der Waals surface area contributed by atoms with Gasteiger partial charge in [0.25, 0.3) is 5.91 Å². The molecule has 1 aliphatic carbocycles. The first-order chi connectivity index (χ1) is 15.8. The van der Waals surface area contributed by atoms with Crippen LogP contribution in [0.25, 0.3) is 0 Å². The second-order valence-electron chi connectivity index (χ2n) is 8.05. The highest BCUT2D eigenvalue weighted by atomic mass is 32.2. The largest absolute Gasteiger partial charge is 0.464 e. The lowest BCUT2D eigenvalue weighted by molar-refractivity contribution is -0.136. The lowest BCUT2D eigenvalue weighted by Crippen LogP contribution is -2.31. The first-order valence-corrected chi connectivity index (χ1v) is 13.1. The van der Waals surface area contributed by atoms with Crippen molar-refractivity contribution in [2.24, 2.45) is 0 Å². The fourth-order valence-corrected chi connectivity index (χ4v) is 6.07. The number of carbonyl (C=O) groups is 2. The minimum atomic E-state index is -3.33. The molecule has 2 heterocycles. The number of nitrogens with one attached hydrogen (secondary N) is 1. The number of esters is 1. The molecule has 178 valence electrons. The number of nitrogens with zero attached hydrogens (tertiary/aromatic N) is 1. The highest BCUT2D eigenvalue weighted by Gasteiger charge is 2.37. The molecule has 0 radical (unpaired) electrons.